The van der Waals surface area contributed by atoms with Gasteiger partial charge in [0, 0.05) is 17.3 Å². The number of hydrogen-bond donors (Lipinski definition) is 2. The molecular weight excluding hydrogens is 242 g/mol. The van der Waals surface area contributed by atoms with Crippen molar-refractivity contribution in [3.63, 3.8) is 0 Å². The van der Waals surface area contributed by atoms with Crippen molar-refractivity contribution in [2.75, 3.05) is 11.5 Å². The molecule has 3 aromatic rings. The molecule has 0 aliphatic heterocycles. The van der Waals surface area contributed by atoms with Gasteiger partial charge in [-0.1, -0.05) is 18.2 Å². The number of nitrogens with zero attached hydrogens (tertiary/aromatic N) is 3. The van der Waals surface area contributed by atoms with Crippen LogP contribution in [0.15, 0.2) is 47.5 Å². The SMILES string of the molecule is Nc1ncc(-c2cccc(-c3cocn3)c2)c(N)n1. The molecule has 0 saturated heterocycles. The predicted molar refractivity (Wildman–Crippen MR) is 71.8 cm³/mol. The molecule has 0 bridgehead atoms. The minimum absolute atomic E-state index is 0.161. The molecule has 0 saturated carbocycles. The standard InChI is InChI=1S/C13H11N5O/c14-12-10(5-16-13(15)18-12)8-2-1-3-9(4-8)11-6-19-7-17-11/h1-7H,(H4,14,15,16,18). The van der Waals surface area contributed by atoms with E-state index < -0.39 is 0 Å². The van der Waals surface area contributed by atoms with E-state index in [1.807, 2.05) is 24.3 Å². The molecule has 19 heavy (non-hydrogen) atoms. The van der Waals surface area contributed by atoms with E-state index in [4.69, 9.17) is 15.9 Å². The smallest absolute Gasteiger partial charge is 0.221 e. The van der Waals surface area contributed by atoms with Gasteiger partial charge in [-0.05, 0) is 11.6 Å². The van der Waals surface area contributed by atoms with Gasteiger partial charge in [0.1, 0.15) is 17.8 Å². The summed E-state index contributed by atoms with van der Waals surface area (Å²) in [6.07, 6.45) is 4.59. The Labute approximate surface area is 109 Å². The maximum Gasteiger partial charge on any atom is 0.221 e. The molecule has 2 aromatic heterocycles. The first-order valence-corrected chi connectivity index (χ1v) is 5.61. The molecule has 0 radical (unpaired) electrons. The van der Waals surface area contributed by atoms with Crippen LogP contribution in [0, 0.1) is 0 Å². The van der Waals surface area contributed by atoms with Crippen LogP contribution in [0.3, 0.4) is 0 Å². The second kappa shape index (κ2) is 4.41. The zero-order valence-corrected chi connectivity index (χ0v) is 9.95. The summed E-state index contributed by atoms with van der Waals surface area (Å²) in [5.41, 5.74) is 14.7. The van der Waals surface area contributed by atoms with Crippen molar-refractivity contribution in [3.05, 3.63) is 43.1 Å². The second-order valence-electron chi connectivity index (χ2n) is 3.98. The first kappa shape index (κ1) is 11.2. The van der Waals surface area contributed by atoms with Crippen molar-refractivity contribution >= 4 is 11.8 Å². The van der Waals surface area contributed by atoms with Crippen molar-refractivity contribution in [2.45, 2.75) is 0 Å². The molecule has 3 rings (SSSR count). The first-order valence-electron chi connectivity index (χ1n) is 5.61. The molecule has 94 valence electrons. The second-order valence-corrected chi connectivity index (χ2v) is 3.98. The summed E-state index contributed by atoms with van der Waals surface area (Å²) in [7, 11) is 0. The Morgan fingerprint density at radius 1 is 1.05 bits per heavy atom. The molecule has 0 aliphatic carbocycles. The number of benzene rings is 1. The highest BCUT2D eigenvalue weighted by Gasteiger charge is 2.08. The number of anilines is 2. The highest BCUT2D eigenvalue weighted by atomic mass is 16.3. The molecule has 2 heterocycles. The number of aromatic nitrogens is 3. The number of oxazole rings is 1. The van der Waals surface area contributed by atoms with Gasteiger partial charge in [-0.2, -0.15) is 4.98 Å². The number of hydrogen-bond acceptors (Lipinski definition) is 6. The van der Waals surface area contributed by atoms with Gasteiger partial charge in [0.25, 0.3) is 0 Å². The summed E-state index contributed by atoms with van der Waals surface area (Å²) >= 11 is 0. The average molecular weight is 253 g/mol. The normalized spacial score (nSPS) is 10.5. The van der Waals surface area contributed by atoms with Gasteiger partial charge in [-0.15, -0.1) is 0 Å². The lowest BCUT2D eigenvalue weighted by Crippen LogP contribution is -2.00. The summed E-state index contributed by atoms with van der Waals surface area (Å²) in [5.74, 6) is 0.513. The highest BCUT2D eigenvalue weighted by Crippen LogP contribution is 2.28. The van der Waals surface area contributed by atoms with Gasteiger partial charge in [0.2, 0.25) is 5.95 Å². The quantitative estimate of drug-likeness (QED) is 0.723. The van der Waals surface area contributed by atoms with Gasteiger partial charge < -0.3 is 15.9 Å². The summed E-state index contributed by atoms with van der Waals surface area (Å²) < 4.78 is 4.98. The molecule has 0 aliphatic rings. The van der Waals surface area contributed by atoms with Crippen LogP contribution < -0.4 is 11.5 Å². The lowest BCUT2D eigenvalue weighted by Gasteiger charge is -2.06. The summed E-state index contributed by atoms with van der Waals surface area (Å²) in [5, 5.41) is 0. The van der Waals surface area contributed by atoms with E-state index in [1.54, 1.807) is 12.5 Å². The lowest BCUT2D eigenvalue weighted by atomic mass is 10.0. The van der Waals surface area contributed by atoms with Crippen molar-refractivity contribution in [3.8, 4) is 22.4 Å². The zero-order chi connectivity index (χ0) is 13.2. The fraction of sp³-hybridized carbons (Fsp3) is 0. The largest absolute Gasteiger partial charge is 0.451 e. The maximum absolute atomic E-state index is 5.86. The van der Waals surface area contributed by atoms with Gasteiger partial charge >= 0.3 is 0 Å². The lowest BCUT2D eigenvalue weighted by molar-refractivity contribution is 0.558. The molecule has 4 N–H and O–H groups in total. The Balaban J connectivity index is 2.08. The van der Waals surface area contributed by atoms with E-state index in [-0.39, 0.29) is 5.95 Å². The van der Waals surface area contributed by atoms with Gasteiger partial charge in [0.15, 0.2) is 6.39 Å². The Hall–Kier alpha value is -2.89. The molecular formula is C13H11N5O. The molecule has 0 spiro atoms. The van der Waals surface area contributed by atoms with E-state index >= 15 is 0 Å². The van der Waals surface area contributed by atoms with E-state index in [9.17, 15) is 0 Å². The van der Waals surface area contributed by atoms with Crippen LogP contribution in [0.2, 0.25) is 0 Å². The van der Waals surface area contributed by atoms with Crippen molar-refractivity contribution in [2.24, 2.45) is 0 Å². The molecule has 0 amide bonds. The minimum atomic E-state index is 0.161. The summed E-state index contributed by atoms with van der Waals surface area (Å²) in [6.45, 7) is 0. The third-order valence-electron chi connectivity index (χ3n) is 2.74. The number of rotatable bonds is 2. The van der Waals surface area contributed by atoms with Crippen LogP contribution in [-0.2, 0) is 0 Å². The fourth-order valence-corrected chi connectivity index (χ4v) is 1.83. The van der Waals surface area contributed by atoms with Crippen molar-refractivity contribution in [1.82, 2.24) is 15.0 Å². The molecule has 6 heteroatoms. The fourth-order valence-electron chi connectivity index (χ4n) is 1.83. The number of nitrogens with two attached hydrogens (primary N) is 2. The van der Waals surface area contributed by atoms with Crippen LogP contribution in [-0.4, -0.2) is 15.0 Å². The minimum Gasteiger partial charge on any atom is -0.451 e. The first-order chi connectivity index (χ1) is 9.24. The average Bonchev–Trinajstić information content (AvgIpc) is 2.93. The molecule has 6 nitrogen and oxygen atoms in total. The van der Waals surface area contributed by atoms with E-state index in [0.717, 1.165) is 22.4 Å². The van der Waals surface area contributed by atoms with Gasteiger partial charge in [-0.25, -0.2) is 9.97 Å². The Kier molecular flexibility index (Phi) is 2.60. The van der Waals surface area contributed by atoms with E-state index in [1.165, 1.54) is 6.39 Å². The predicted octanol–water partition coefficient (Wildman–Crippen LogP) is 1.96. The van der Waals surface area contributed by atoms with Crippen LogP contribution in [0.4, 0.5) is 11.8 Å². The van der Waals surface area contributed by atoms with Gasteiger partial charge in [-0.3, -0.25) is 0 Å². The van der Waals surface area contributed by atoms with Crippen LogP contribution in [0.1, 0.15) is 0 Å². The summed E-state index contributed by atoms with van der Waals surface area (Å²) in [6, 6.07) is 7.72. The van der Waals surface area contributed by atoms with E-state index in [2.05, 4.69) is 15.0 Å². The van der Waals surface area contributed by atoms with Gasteiger partial charge in [0.05, 0.1) is 0 Å². The Morgan fingerprint density at radius 3 is 2.63 bits per heavy atom. The van der Waals surface area contributed by atoms with E-state index in [0.29, 0.717) is 5.82 Å². The molecule has 0 unspecified atom stereocenters. The third-order valence-corrected chi connectivity index (χ3v) is 2.74. The van der Waals surface area contributed by atoms with Crippen molar-refractivity contribution < 1.29 is 4.42 Å². The van der Waals surface area contributed by atoms with Crippen LogP contribution in [0.5, 0.6) is 0 Å². The summed E-state index contributed by atoms with van der Waals surface area (Å²) in [4.78, 5) is 12.0. The Morgan fingerprint density at radius 2 is 1.89 bits per heavy atom. The molecule has 1 aromatic carbocycles. The zero-order valence-electron chi connectivity index (χ0n) is 9.95. The molecule has 0 fully saturated rings. The maximum atomic E-state index is 5.86. The Bertz CT molecular complexity index is 709. The highest BCUT2D eigenvalue weighted by molar-refractivity contribution is 5.77. The van der Waals surface area contributed by atoms with Crippen molar-refractivity contribution in [1.29, 1.82) is 0 Å². The van der Waals surface area contributed by atoms with Crippen LogP contribution in [0.25, 0.3) is 22.4 Å². The monoisotopic (exact) mass is 253 g/mol. The topological polar surface area (TPSA) is 104 Å². The number of nitrogen functional groups attached to an aromatic ring is 2. The third kappa shape index (κ3) is 2.11. The molecule has 0 atom stereocenters. The van der Waals surface area contributed by atoms with Crippen LogP contribution >= 0.6 is 0 Å².